The number of ether oxygens (including phenoxy) is 2. The lowest BCUT2D eigenvalue weighted by Gasteiger charge is -2.16. The van der Waals surface area contributed by atoms with Crippen LogP contribution in [-0.4, -0.2) is 49.7 Å². The summed E-state index contributed by atoms with van der Waals surface area (Å²) in [6.07, 6.45) is 1.12. The van der Waals surface area contributed by atoms with Crippen LogP contribution >= 0.6 is 11.8 Å². The second-order valence-electron chi connectivity index (χ2n) is 4.01. The van der Waals surface area contributed by atoms with Crippen LogP contribution < -0.4 is 5.32 Å². The van der Waals surface area contributed by atoms with Crippen LogP contribution in [0.2, 0.25) is 0 Å². The van der Waals surface area contributed by atoms with Gasteiger partial charge in [0.25, 0.3) is 0 Å². The highest BCUT2D eigenvalue weighted by molar-refractivity contribution is 8.01. The normalized spacial score (nSPS) is 13.8. The van der Waals surface area contributed by atoms with Gasteiger partial charge in [-0.1, -0.05) is 6.92 Å². The number of carbonyl (C=O) groups is 2. The molecule has 0 rings (SSSR count). The third kappa shape index (κ3) is 8.36. The van der Waals surface area contributed by atoms with Gasteiger partial charge in [-0.3, -0.25) is 9.59 Å². The SMILES string of the molecule is COCCCNC(=O)C(C)SC(C)CC(=O)OC. The van der Waals surface area contributed by atoms with Crippen LogP contribution in [0.15, 0.2) is 0 Å². The quantitative estimate of drug-likeness (QED) is 0.507. The molecular formula is C12H23NO4S. The Bertz CT molecular complexity index is 260. The summed E-state index contributed by atoms with van der Waals surface area (Å²) in [6.45, 7) is 5.00. The maximum absolute atomic E-state index is 11.7. The number of methoxy groups -OCH3 is 2. The van der Waals surface area contributed by atoms with Crippen molar-refractivity contribution in [1.82, 2.24) is 5.32 Å². The predicted octanol–water partition coefficient (Wildman–Crippen LogP) is 1.21. The van der Waals surface area contributed by atoms with E-state index in [2.05, 4.69) is 10.1 Å². The lowest BCUT2D eigenvalue weighted by atomic mass is 10.3. The molecule has 0 saturated carbocycles. The van der Waals surface area contributed by atoms with E-state index in [9.17, 15) is 9.59 Å². The molecule has 0 saturated heterocycles. The van der Waals surface area contributed by atoms with Crippen molar-refractivity contribution in [2.45, 2.75) is 37.2 Å². The third-order valence-corrected chi connectivity index (χ3v) is 3.57. The Balaban J connectivity index is 3.81. The van der Waals surface area contributed by atoms with Crippen molar-refractivity contribution in [2.24, 2.45) is 0 Å². The standard InChI is InChI=1S/C12H23NO4S/c1-9(8-11(14)17-4)18-10(2)12(15)13-6-5-7-16-3/h9-10H,5-8H2,1-4H3,(H,13,15). The summed E-state index contributed by atoms with van der Waals surface area (Å²) < 4.78 is 9.48. The molecule has 0 aromatic rings. The maximum atomic E-state index is 11.7. The fourth-order valence-corrected chi connectivity index (χ4v) is 2.48. The van der Waals surface area contributed by atoms with Crippen molar-refractivity contribution < 1.29 is 19.1 Å². The number of hydrogen-bond acceptors (Lipinski definition) is 5. The van der Waals surface area contributed by atoms with Gasteiger partial charge in [0.2, 0.25) is 5.91 Å². The number of carbonyl (C=O) groups excluding carboxylic acids is 2. The molecule has 0 aliphatic rings. The number of amides is 1. The van der Waals surface area contributed by atoms with Crippen LogP contribution in [0.4, 0.5) is 0 Å². The third-order valence-electron chi connectivity index (χ3n) is 2.31. The van der Waals surface area contributed by atoms with Crippen LogP contribution in [0.3, 0.4) is 0 Å². The maximum Gasteiger partial charge on any atom is 0.306 e. The number of esters is 1. The van der Waals surface area contributed by atoms with Gasteiger partial charge in [-0.05, 0) is 13.3 Å². The van der Waals surface area contributed by atoms with Gasteiger partial charge in [-0.2, -0.15) is 0 Å². The summed E-state index contributed by atoms with van der Waals surface area (Å²) in [5.41, 5.74) is 0. The van der Waals surface area contributed by atoms with Gasteiger partial charge in [0.1, 0.15) is 0 Å². The van der Waals surface area contributed by atoms with Gasteiger partial charge < -0.3 is 14.8 Å². The monoisotopic (exact) mass is 277 g/mol. The molecule has 0 aliphatic carbocycles. The number of rotatable bonds is 9. The van der Waals surface area contributed by atoms with Crippen molar-refractivity contribution in [2.75, 3.05) is 27.4 Å². The molecule has 2 atom stereocenters. The molecule has 5 nitrogen and oxygen atoms in total. The van der Waals surface area contributed by atoms with E-state index in [1.165, 1.54) is 18.9 Å². The largest absolute Gasteiger partial charge is 0.469 e. The molecule has 1 amide bonds. The summed E-state index contributed by atoms with van der Waals surface area (Å²) in [5.74, 6) is -0.254. The highest BCUT2D eigenvalue weighted by atomic mass is 32.2. The van der Waals surface area contributed by atoms with E-state index in [0.29, 0.717) is 19.6 Å². The molecule has 1 N–H and O–H groups in total. The van der Waals surface area contributed by atoms with Crippen molar-refractivity contribution in [3.05, 3.63) is 0 Å². The minimum Gasteiger partial charge on any atom is -0.469 e. The fraction of sp³-hybridized carbons (Fsp3) is 0.833. The van der Waals surface area contributed by atoms with E-state index in [1.54, 1.807) is 7.11 Å². The first-order chi connectivity index (χ1) is 8.51. The van der Waals surface area contributed by atoms with E-state index in [1.807, 2.05) is 13.8 Å². The van der Waals surface area contributed by atoms with E-state index in [0.717, 1.165) is 6.42 Å². The summed E-state index contributed by atoms with van der Waals surface area (Å²) >= 11 is 1.47. The molecule has 2 unspecified atom stereocenters. The zero-order valence-electron chi connectivity index (χ0n) is 11.5. The molecule has 0 spiro atoms. The van der Waals surface area contributed by atoms with E-state index < -0.39 is 0 Å². The molecule has 0 radical (unpaired) electrons. The van der Waals surface area contributed by atoms with Crippen LogP contribution in [0.5, 0.6) is 0 Å². The molecule has 0 bridgehead atoms. The Hall–Kier alpha value is -0.750. The lowest BCUT2D eigenvalue weighted by Crippen LogP contribution is -2.33. The van der Waals surface area contributed by atoms with Crippen LogP contribution in [0, 0.1) is 0 Å². The van der Waals surface area contributed by atoms with Gasteiger partial charge in [-0.25, -0.2) is 0 Å². The Kier molecular flexibility index (Phi) is 9.77. The average molecular weight is 277 g/mol. The van der Waals surface area contributed by atoms with E-state index >= 15 is 0 Å². The summed E-state index contributed by atoms with van der Waals surface area (Å²) in [4.78, 5) is 22.8. The van der Waals surface area contributed by atoms with Crippen LogP contribution in [0.25, 0.3) is 0 Å². The molecule has 6 heteroatoms. The molecule has 0 fully saturated rings. The van der Waals surface area contributed by atoms with Crippen molar-refractivity contribution >= 4 is 23.6 Å². The number of hydrogen-bond donors (Lipinski definition) is 1. The van der Waals surface area contributed by atoms with Crippen molar-refractivity contribution in [1.29, 1.82) is 0 Å². The first-order valence-corrected chi connectivity index (χ1v) is 6.94. The topological polar surface area (TPSA) is 64.6 Å². The van der Waals surface area contributed by atoms with Gasteiger partial charge in [0, 0.05) is 25.5 Å². The second kappa shape index (κ2) is 10.2. The van der Waals surface area contributed by atoms with Crippen molar-refractivity contribution in [3.63, 3.8) is 0 Å². The molecule has 18 heavy (non-hydrogen) atoms. The highest BCUT2D eigenvalue weighted by Gasteiger charge is 2.18. The van der Waals surface area contributed by atoms with Gasteiger partial charge in [-0.15, -0.1) is 11.8 Å². The average Bonchev–Trinajstić information content (AvgIpc) is 2.33. The molecule has 0 aromatic carbocycles. The molecular weight excluding hydrogens is 254 g/mol. The predicted molar refractivity (Wildman–Crippen MR) is 72.7 cm³/mol. The minimum absolute atomic E-state index is 0.00665. The summed E-state index contributed by atoms with van der Waals surface area (Å²) in [5, 5.41) is 2.73. The zero-order valence-corrected chi connectivity index (χ0v) is 12.3. The van der Waals surface area contributed by atoms with Crippen molar-refractivity contribution in [3.8, 4) is 0 Å². The molecule has 0 aromatic heterocycles. The summed E-state index contributed by atoms with van der Waals surface area (Å²) in [6, 6.07) is 0. The number of nitrogens with one attached hydrogen (secondary N) is 1. The Morgan fingerprint density at radius 1 is 1.28 bits per heavy atom. The zero-order chi connectivity index (χ0) is 14.0. The second-order valence-corrected chi connectivity index (χ2v) is 5.79. The molecule has 0 heterocycles. The van der Waals surface area contributed by atoms with E-state index in [4.69, 9.17) is 4.74 Å². The lowest BCUT2D eigenvalue weighted by molar-refractivity contribution is -0.140. The molecule has 0 aliphatic heterocycles. The summed E-state index contributed by atoms with van der Waals surface area (Å²) in [7, 11) is 3.00. The van der Waals surface area contributed by atoms with Gasteiger partial charge in [0.15, 0.2) is 0 Å². The first-order valence-electron chi connectivity index (χ1n) is 6.00. The van der Waals surface area contributed by atoms with E-state index in [-0.39, 0.29) is 22.4 Å². The fourth-order valence-electron chi connectivity index (χ4n) is 1.35. The highest BCUT2D eigenvalue weighted by Crippen LogP contribution is 2.20. The Morgan fingerprint density at radius 3 is 2.50 bits per heavy atom. The van der Waals surface area contributed by atoms with Gasteiger partial charge in [0.05, 0.1) is 18.8 Å². The smallest absolute Gasteiger partial charge is 0.306 e. The Labute approximate surface area is 113 Å². The Morgan fingerprint density at radius 2 is 1.94 bits per heavy atom. The van der Waals surface area contributed by atoms with Gasteiger partial charge >= 0.3 is 5.97 Å². The minimum atomic E-state index is -0.247. The molecule has 106 valence electrons. The first kappa shape index (κ1) is 17.2. The van der Waals surface area contributed by atoms with Crippen LogP contribution in [-0.2, 0) is 19.1 Å². The number of thioether (sulfide) groups is 1. The van der Waals surface area contributed by atoms with Crippen LogP contribution in [0.1, 0.15) is 26.7 Å².